The summed E-state index contributed by atoms with van der Waals surface area (Å²) in [4.78, 5) is 17.0. The monoisotopic (exact) mass is 411 g/mol. The number of halogens is 2. The highest BCUT2D eigenvalue weighted by Gasteiger charge is 2.44. The Bertz CT molecular complexity index is 1160. The number of pyridine rings is 1. The second kappa shape index (κ2) is 6.84. The molecule has 8 heteroatoms. The number of anilines is 1. The summed E-state index contributed by atoms with van der Waals surface area (Å²) >= 11 is 0. The number of rotatable bonds is 3. The van der Waals surface area contributed by atoms with Crippen LogP contribution in [0.25, 0.3) is 22.2 Å². The molecule has 1 amide bonds. The van der Waals surface area contributed by atoms with E-state index in [1.807, 2.05) is 13.8 Å². The first-order valence-corrected chi connectivity index (χ1v) is 10.3. The van der Waals surface area contributed by atoms with Gasteiger partial charge in [-0.25, -0.2) is 13.8 Å². The topological polar surface area (TPSA) is 71.8 Å². The summed E-state index contributed by atoms with van der Waals surface area (Å²) in [6.07, 6.45) is 1.70. The third-order valence-electron chi connectivity index (χ3n) is 6.55. The largest absolute Gasteiger partial charge is 0.314 e. The number of nitrogens with one attached hydrogen (secondary N) is 2. The Morgan fingerprint density at radius 3 is 2.93 bits per heavy atom. The van der Waals surface area contributed by atoms with Gasteiger partial charge in [-0.15, -0.1) is 0 Å². The lowest BCUT2D eigenvalue weighted by atomic mass is 9.79. The Morgan fingerprint density at radius 2 is 2.17 bits per heavy atom. The molecule has 5 rings (SSSR count). The van der Waals surface area contributed by atoms with Gasteiger partial charge < -0.3 is 10.6 Å². The number of hydrogen-bond donors (Lipinski definition) is 2. The van der Waals surface area contributed by atoms with Gasteiger partial charge in [0.05, 0.1) is 17.0 Å². The fourth-order valence-electron chi connectivity index (χ4n) is 4.66. The van der Waals surface area contributed by atoms with Crippen LogP contribution < -0.4 is 10.6 Å². The zero-order chi connectivity index (χ0) is 21.0. The minimum Gasteiger partial charge on any atom is -0.314 e. The lowest BCUT2D eigenvalue weighted by Gasteiger charge is -2.27. The molecule has 1 saturated heterocycles. The van der Waals surface area contributed by atoms with Gasteiger partial charge in [0.25, 0.3) is 0 Å². The zero-order valence-corrected chi connectivity index (χ0v) is 16.9. The van der Waals surface area contributed by atoms with Gasteiger partial charge in [-0.1, -0.05) is 6.92 Å². The Hall–Kier alpha value is -2.87. The van der Waals surface area contributed by atoms with Crippen molar-refractivity contribution in [1.29, 1.82) is 0 Å². The highest BCUT2D eigenvalue weighted by molar-refractivity contribution is 6.08. The Morgan fingerprint density at radius 1 is 1.33 bits per heavy atom. The maximum Gasteiger partial charge on any atom is 0.236 e. The molecule has 2 aromatic heterocycles. The number of piperidine rings is 1. The molecule has 3 atom stereocenters. The van der Waals surface area contributed by atoms with Crippen LogP contribution in [0.3, 0.4) is 0 Å². The Labute approximate surface area is 172 Å². The van der Waals surface area contributed by atoms with Gasteiger partial charge in [-0.3, -0.25) is 9.48 Å². The summed E-state index contributed by atoms with van der Waals surface area (Å²) in [7, 11) is 0. The van der Waals surface area contributed by atoms with E-state index in [1.165, 1.54) is 12.1 Å². The molecule has 2 aliphatic rings. The van der Waals surface area contributed by atoms with Gasteiger partial charge in [0.15, 0.2) is 0 Å². The van der Waals surface area contributed by atoms with Crippen LogP contribution in [0.15, 0.2) is 30.5 Å². The van der Waals surface area contributed by atoms with Crippen molar-refractivity contribution in [2.24, 2.45) is 0 Å². The van der Waals surface area contributed by atoms with Crippen LogP contribution in [0.1, 0.15) is 38.3 Å². The van der Waals surface area contributed by atoms with Gasteiger partial charge in [0, 0.05) is 29.3 Å². The van der Waals surface area contributed by atoms with Crippen LogP contribution in [-0.2, 0) is 10.2 Å². The van der Waals surface area contributed by atoms with E-state index < -0.39 is 17.6 Å². The van der Waals surface area contributed by atoms with Crippen LogP contribution in [0.2, 0.25) is 0 Å². The van der Waals surface area contributed by atoms with Gasteiger partial charge in [-0.2, -0.15) is 5.10 Å². The summed E-state index contributed by atoms with van der Waals surface area (Å²) in [6, 6.07) is 5.83. The van der Waals surface area contributed by atoms with Crippen molar-refractivity contribution in [2.75, 3.05) is 18.4 Å². The maximum absolute atomic E-state index is 14.7. The van der Waals surface area contributed by atoms with Crippen LogP contribution in [0.4, 0.5) is 14.6 Å². The van der Waals surface area contributed by atoms with Gasteiger partial charge in [-0.05, 0) is 50.6 Å². The Kier molecular flexibility index (Phi) is 4.36. The van der Waals surface area contributed by atoms with E-state index in [1.54, 1.807) is 23.0 Å². The van der Waals surface area contributed by atoms with Crippen LogP contribution in [-0.4, -0.2) is 39.9 Å². The van der Waals surface area contributed by atoms with Gasteiger partial charge in [0.2, 0.25) is 5.91 Å². The molecule has 0 saturated carbocycles. The first-order chi connectivity index (χ1) is 14.4. The molecule has 0 unspecified atom stereocenters. The molecule has 30 heavy (non-hydrogen) atoms. The molecule has 1 fully saturated rings. The molecule has 0 spiro atoms. The second-order valence-corrected chi connectivity index (χ2v) is 8.25. The molecular formula is C22H23F2N5O. The molecule has 1 aromatic carbocycles. The average molecular weight is 411 g/mol. The van der Waals surface area contributed by atoms with E-state index in [4.69, 9.17) is 5.10 Å². The number of amides is 1. The number of nitrogens with zero attached hydrogens (tertiary/aromatic N) is 3. The van der Waals surface area contributed by atoms with Crippen molar-refractivity contribution in [3.63, 3.8) is 0 Å². The standard InChI is InChI=1S/C22H23F2N5O/c1-3-22(2)18-13(6-9-26-20(18)27-21(22)30)19-14-10-12(23)4-5-16(14)29(28-19)17-7-8-25-11-15(17)24/h4-6,9-10,15,17,25H,3,7-8,11H2,1-2H3,(H,26,27,30)/t15-,17+,22-/m1/s1. The second-order valence-electron chi connectivity index (χ2n) is 8.25. The van der Waals surface area contributed by atoms with E-state index in [0.717, 1.165) is 11.1 Å². The first kappa shape index (κ1) is 19.1. The van der Waals surface area contributed by atoms with Crippen LogP contribution >= 0.6 is 0 Å². The molecule has 6 nitrogen and oxygen atoms in total. The number of fused-ring (bicyclic) bond motifs is 2. The number of hydrogen-bond acceptors (Lipinski definition) is 4. The van der Waals surface area contributed by atoms with Crippen molar-refractivity contribution < 1.29 is 13.6 Å². The molecule has 0 aliphatic carbocycles. The molecule has 2 aliphatic heterocycles. The normalized spacial score (nSPS) is 26.1. The van der Waals surface area contributed by atoms with Crippen molar-refractivity contribution in [3.8, 4) is 11.3 Å². The fraction of sp³-hybridized carbons (Fsp3) is 0.409. The SMILES string of the molecule is CC[C@@]1(C)C(=O)Nc2nccc(-c3nn([C@H]4CCNC[C@H]4F)c4ccc(F)cc34)c21. The number of alkyl halides is 1. The van der Waals surface area contributed by atoms with E-state index in [2.05, 4.69) is 15.6 Å². The maximum atomic E-state index is 14.7. The Balaban J connectivity index is 1.77. The summed E-state index contributed by atoms with van der Waals surface area (Å²) in [5.74, 6) is 0.00630. The van der Waals surface area contributed by atoms with Crippen molar-refractivity contribution >= 4 is 22.6 Å². The predicted octanol–water partition coefficient (Wildman–Crippen LogP) is 3.73. The van der Waals surface area contributed by atoms with Crippen LogP contribution in [0.5, 0.6) is 0 Å². The fourth-order valence-corrected chi connectivity index (χ4v) is 4.66. The highest BCUT2D eigenvalue weighted by atomic mass is 19.1. The molecular weight excluding hydrogens is 388 g/mol. The van der Waals surface area contributed by atoms with E-state index >= 15 is 0 Å². The number of carbonyl (C=O) groups is 1. The lowest BCUT2D eigenvalue weighted by Crippen LogP contribution is -2.39. The van der Waals surface area contributed by atoms with E-state index in [-0.39, 0.29) is 18.3 Å². The number of carbonyl (C=O) groups excluding carboxylic acids is 1. The molecule has 2 N–H and O–H groups in total. The average Bonchev–Trinajstić information content (AvgIpc) is 3.23. The third-order valence-corrected chi connectivity index (χ3v) is 6.55. The summed E-state index contributed by atoms with van der Waals surface area (Å²) in [5.41, 5.74) is 1.95. The third kappa shape index (κ3) is 2.66. The number of aromatic nitrogens is 3. The zero-order valence-electron chi connectivity index (χ0n) is 16.9. The predicted molar refractivity (Wildman–Crippen MR) is 111 cm³/mol. The first-order valence-electron chi connectivity index (χ1n) is 10.3. The molecule has 3 aromatic rings. The minimum absolute atomic E-state index is 0.114. The van der Waals surface area contributed by atoms with Crippen molar-refractivity contribution in [3.05, 3.63) is 41.8 Å². The van der Waals surface area contributed by atoms with Gasteiger partial charge in [0.1, 0.15) is 23.5 Å². The molecule has 0 bridgehead atoms. The summed E-state index contributed by atoms with van der Waals surface area (Å²) in [6.45, 7) is 4.79. The van der Waals surface area contributed by atoms with Crippen molar-refractivity contribution in [1.82, 2.24) is 20.1 Å². The van der Waals surface area contributed by atoms with E-state index in [0.29, 0.717) is 41.8 Å². The van der Waals surface area contributed by atoms with Crippen LogP contribution in [0, 0.1) is 5.82 Å². The van der Waals surface area contributed by atoms with E-state index in [9.17, 15) is 13.6 Å². The summed E-state index contributed by atoms with van der Waals surface area (Å²) < 4.78 is 30.6. The van der Waals surface area contributed by atoms with Gasteiger partial charge >= 0.3 is 0 Å². The van der Waals surface area contributed by atoms with Crippen molar-refractivity contribution in [2.45, 2.75) is 44.3 Å². The number of benzene rings is 1. The molecule has 0 radical (unpaired) electrons. The summed E-state index contributed by atoms with van der Waals surface area (Å²) in [5, 5.41) is 11.3. The highest BCUT2D eigenvalue weighted by Crippen LogP contribution is 2.46. The lowest BCUT2D eigenvalue weighted by molar-refractivity contribution is -0.120. The smallest absolute Gasteiger partial charge is 0.236 e. The minimum atomic E-state index is -1.09. The quantitative estimate of drug-likeness (QED) is 0.689. The molecule has 4 heterocycles. The molecule has 156 valence electrons.